The van der Waals surface area contributed by atoms with Crippen molar-refractivity contribution in [2.45, 2.75) is 38.8 Å². The Morgan fingerprint density at radius 1 is 1.58 bits per heavy atom. The van der Waals surface area contributed by atoms with Crippen molar-refractivity contribution >= 4 is 11.9 Å². The van der Waals surface area contributed by atoms with Gasteiger partial charge in [-0.05, 0) is 18.8 Å². The molecule has 2 fully saturated rings. The molecular formula is C13H23N3O3. The Kier molecular flexibility index (Phi) is 4.63. The topological polar surface area (TPSA) is 70.7 Å². The van der Waals surface area contributed by atoms with Gasteiger partial charge in [0.25, 0.3) is 0 Å². The number of urea groups is 1. The predicted octanol–water partition coefficient (Wildman–Crippen LogP) is 0.331. The Morgan fingerprint density at radius 2 is 2.37 bits per heavy atom. The van der Waals surface area contributed by atoms with Gasteiger partial charge in [0.2, 0.25) is 5.91 Å². The summed E-state index contributed by atoms with van der Waals surface area (Å²) in [7, 11) is 0. The van der Waals surface area contributed by atoms with Crippen molar-refractivity contribution in [1.82, 2.24) is 15.5 Å². The van der Waals surface area contributed by atoms with E-state index in [1.165, 1.54) is 0 Å². The zero-order valence-corrected chi connectivity index (χ0v) is 11.6. The smallest absolute Gasteiger partial charge is 0.318 e. The first-order valence-corrected chi connectivity index (χ1v) is 7.03. The van der Waals surface area contributed by atoms with Crippen LogP contribution in [0.3, 0.4) is 0 Å². The number of carbonyl (C=O) groups excluding carboxylic acids is 2. The van der Waals surface area contributed by atoms with Crippen molar-refractivity contribution in [1.29, 1.82) is 0 Å². The molecule has 6 heteroatoms. The summed E-state index contributed by atoms with van der Waals surface area (Å²) in [4.78, 5) is 25.7. The van der Waals surface area contributed by atoms with Gasteiger partial charge in [0.15, 0.2) is 0 Å². The number of rotatable bonds is 3. The summed E-state index contributed by atoms with van der Waals surface area (Å²) in [5, 5.41) is 5.69. The molecule has 2 saturated heterocycles. The standard InChI is InChI=1S/C13H23N3O3/c1-9(2)11-12(17)14-5-6-16(11)13(18)15-8-10-4-3-7-19-10/h9-11H,3-8H2,1-2H3,(H,14,17)(H,15,18)/t10-,11-/m0/s1. The molecule has 0 bridgehead atoms. The Morgan fingerprint density at radius 3 is 3.00 bits per heavy atom. The minimum Gasteiger partial charge on any atom is -0.376 e. The van der Waals surface area contributed by atoms with Gasteiger partial charge in [-0.15, -0.1) is 0 Å². The molecular weight excluding hydrogens is 246 g/mol. The van der Waals surface area contributed by atoms with Crippen molar-refractivity contribution in [3.05, 3.63) is 0 Å². The van der Waals surface area contributed by atoms with Crippen LogP contribution in [0.4, 0.5) is 4.79 Å². The summed E-state index contributed by atoms with van der Waals surface area (Å²) in [6, 6.07) is -0.540. The number of ether oxygens (including phenoxy) is 1. The van der Waals surface area contributed by atoms with E-state index < -0.39 is 0 Å². The molecule has 2 N–H and O–H groups in total. The van der Waals surface area contributed by atoms with Gasteiger partial charge < -0.3 is 20.3 Å². The van der Waals surface area contributed by atoms with Crippen LogP contribution >= 0.6 is 0 Å². The highest BCUT2D eigenvalue weighted by Crippen LogP contribution is 2.15. The fraction of sp³-hybridized carbons (Fsp3) is 0.846. The third-order valence-electron chi connectivity index (χ3n) is 3.65. The summed E-state index contributed by atoms with van der Waals surface area (Å²) in [6.07, 6.45) is 2.18. The second-order valence-electron chi connectivity index (χ2n) is 5.49. The van der Waals surface area contributed by atoms with Crippen LogP contribution in [-0.4, -0.2) is 55.2 Å². The van der Waals surface area contributed by atoms with Gasteiger partial charge in [0, 0.05) is 26.2 Å². The van der Waals surface area contributed by atoms with Gasteiger partial charge in [-0.25, -0.2) is 4.79 Å². The van der Waals surface area contributed by atoms with Gasteiger partial charge in [0.05, 0.1) is 6.10 Å². The highest BCUT2D eigenvalue weighted by Gasteiger charge is 2.35. The van der Waals surface area contributed by atoms with E-state index in [2.05, 4.69) is 10.6 Å². The number of carbonyl (C=O) groups is 2. The minimum atomic E-state index is -0.377. The lowest BCUT2D eigenvalue weighted by molar-refractivity contribution is -0.129. The van der Waals surface area contributed by atoms with Crippen LogP contribution in [0.1, 0.15) is 26.7 Å². The first-order chi connectivity index (χ1) is 9.09. The van der Waals surface area contributed by atoms with E-state index in [9.17, 15) is 9.59 Å². The van der Waals surface area contributed by atoms with E-state index in [1.807, 2.05) is 13.8 Å². The van der Waals surface area contributed by atoms with Crippen molar-refractivity contribution in [3.63, 3.8) is 0 Å². The lowest BCUT2D eigenvalue weighted by Crippen LogP contribution is -2.61. The third-order valence-corrected chi connectivity index (χ3v) is 3.65. The van der Waals surface area contributed by atoms with Gasteiger partial charge in [0.1, 0.15) is 6.04 Å². The van der Waals surface area contributed by atoms with E-state index in [0.717, 1.165) is 19.4 Å². The lowest BCUT2D eigenvalue weighted by atomic mass is 10.00. The number of nitrogens with zero attached hydrogens (tertiary/aromatic N) is 1. The molecule has 0 unspecified atom stereocenters. The lowest BCUT2D eigenvalue weighted by Gasteiger charge is -2.37. The van der Waals surface area contributed by atoms with Crippen molar-refractivity contribution in [2.75, 3.05) is 26.2 Å². The molecule has 0 aromatic carbocycles. The Bertz CT molecular complexity index is 340. The van der Waals surface area contributed by atoms with Crippen LogP contribution in [0.5, 0.6) is 0 Å². The van der Waals surface area contributed by atoms with Gasteiger partial charge in [-0.3, -0.25) is 4.79 Å². The number of nitrogens with one attached hydrogen (secondary N) is 2. The molecule has 6 nitrogen and oxygen atoms in total. The average molecular weight is 269 g/mol. The Balaban J connectivity index is 1.89. The second-order valence-corrected chi connectivity index (χ2v) is 5.49. The van der Waals surface area contributed by atoms with Crippen LogP contribution in [0.2, 0.25) is 0 Å². The highest BCUT2D eigenvalue weighted by atomic mass is 16.5. The maximum atomic E-state index is 12.2. The molecule has 19 heavy (non-hydrogen) atoms. The predicted molar refractivity (Wildman–Crippen MR) is 70.7 cm³/mol. The normalized spacial score (nSPS) is 27.5. The summed E-state index contributed by atoms with van der Waals surface area (Å²) < 4.78 is 5.47. The van der Waals surface area contributed by atoms with Crippen molar-refractivity contribution in [3.8, 4) is 0 Å². The molecule has 2 aliphatic rings. The maximum absolute atomic E-state index is 12.2. The molecule has 0 aliphatic carbocycles. The molecule has 0 saturated carbocycles. The fourth-order valence-corrected chi connectivity index (χ4v) is 2.68. The number of hydrogen-bond acceptors (Lipinski definition) is 3. The van der Waals surface area contributed by atoms with E-state index in [1.54, 1.807) is 4.90 Å². The highest BCUT2D eigenvalue weighted by molar-refractivity contribution is 5.88. The Hall–Kier alpha value is -1.30. The quantitative estimate of drug-likeness (QED) is 0.776. The first kappa shape index (κ1) is 14.1. The van der Waals surface area contributed by atoms with Crippen LogP contribution in [-0.2, 0) is 9.53 Å². The molecule has 2 aliphatic heterocycles. The molecule has 0 radical (unpaired) electrons. The first-order valence-electron chi connectivity index (χ1n) is 7.03. The monoisotopic (exact) mass is 269 g/mol. The molecule has 2 atom stereocenters. The Labute approximate surface area is 113 Å². The van der Waals surface area contributed by atoms with E-state index >= 15 is 0 Å². The van der Waals surface area contributed by atoms with Crippen molar-refractivity contribution < 1.29 is 14.3 Å². The number of hydrogen-bond donors (Lipinski definition) is 2. The molecule has 2 heterocycles. The zero-order chi connectivity index (χ0) is 13.8. The zero-order valence-electron chi connectivity index (χ0n) is 11.6. The van der Waals surface area contributed by atoms with E-state index in [0.29, 0.717) is 19.6 Å². The third kappa shape index (κ3) is 3.37. The second kappa shape index (κ2) is 6.23. The van der Waals surface area contributed by atoms with Crippen LogP contribution < -0.4 is 10.6 Å². The van der Waals surface area contributed by atoms with Crippen LogP contribution in [0.15, 0.2) is 0 Å². The van der Waals surface area contributed by atoms with Crippen LogP contribution in [0, 0.1) is 5.92 Å². The molecule has 0 aromatic heterocycles. The molecule has 0 spiro atoms. The fourth-order valence-electron chi connectivity index (χ4n) is 2.68. The van der Waals surface area contributed by atoms with E-state index in [4.69, 9.17) is 4.74 Å². The average Bonchev–Trinajstić information content (AvgIpc) is 2.88. The van der Waals surface area contributed by atoms with Crippen LogP contribution in [0.25, 0.3) is 0 Å². The molecule has 0 aromatic rings. The van der Waals surface area contributed by atoms with Gasteiger partial charge in [-0.2, -0.15) is 0 Å². The number of amides is 3. The summed E-state index contributed by atoms with van der Waals surface area (Å²) >= 11 is 0. The minimum absolute atomic E-state index is 0.0616. The number of piperazine rings is 1. The summed E-state index contributed by atoms with van der Waals surface area (Å²) in [5.74, 6) is 0.0438. The van der Waals surface area contributed by atoms with Crippen molar-refractivity contribution in [2.24, 2.45) is 5.92 Å². The molecule has 2 rings (SSSR count). The van der Waals surface area contributed by atoms with Gasteiger partial charge >= 0.3 is 6.03 Å². The maximum Gasteiger partial charge on any atom is 0.318 e. The van der Waals surface area contributed by atoms with Gasteiger partial charge in [-0.1, -0.05) is 13.8 Å². The summed E-state index contributed by atoms with van der Waals surface area (Å²) in [5.41, 5.74) is 0. The summed E-state index contributed by atoms with van der Waals surface area (Å²) in [6.45, 7) is 6.30. The SMILES string of the molecule is CC(C)[C@H]1C(=O)NCCN1C(=O)NC[C@@H]1CCCO1. The molecule has 108 valence electrons. The van der Waals surface area contributed by atoms with E-state index in [-0.39, 0.29) is 30.0 Å². The largest absolute Gasteiger partial charge is 0.376 e. The molecule has 3 amide bonds.